The fraction of sp³-hybridized carbons (Fsp3) is 0.429. The zero-order valence-electron chi connectivity index (χ0n) is 12.1. The predicted octanol–water partition coefficient (Wildman–Crippen LogP) is 2.84. The lowest BCUT2D eigenvalue weighted by Gasteiger charge is -2.12. The van der Waals surface area contributed by atoms with Crippen LogP contribution in [0.1, 0.15) is 11.4 Å². The largest absolute Gasteiger partial charge is 0.362 e. The van der Waals surface area contributed by atoms with Crippen molar-refractivity contribution in [2.24, 2.45) is 0 Å². The Bertz CT molecular complexity index is 592. The predicted molar refractivity (Wildman–Crippen MR) is 91.8 cm³/mol. The van der Waals surface area contributed by atoms with Gasteiger partial charge in [-0.2, -0.15) is 0 Å². The first-order valence-corrected chi connectivity index (χ1v) is 7.84. The lowest BCUT2D eigenvalue weighted by atomic mass is 10.3. The molecule has 0 amide bonds. The van der Waals surface area contributed by atoms with Crippen LogP contribution < -0.4 is 10.6 Å². The highest BCUT2D eigenvalue weighted by Crippen LogP contribution is 2.24. The molecule has 0 saturated heterocycles. The maximum Gasteiger partial charge on any atom is 0.170 e. The number of fused-ring (bicyclic) bond motifs is 1. The minimum atomic E-state index is 0.671. The van der Waals surface area contributed by atoms with Crippen molar-refractivity contribution in [3.63, 3.8) is 0 Å². The van der Waals surface area contributed by atoms with E-state index >= 15 is 0 Å². The molecule has 108 valence electrons. The molecule has 6 heteroatoms. The van der Waals surface area contributed by atoms with E-state index in [4.69, 9.17) is 12.2 Å². The summed E-state index contributed by atoms with van der Waals surface area (Å²) in [6.07, 6.45) is 1.07. The number of rotatable bonds is 5. The quantitative estimate of drug-likeness (QED) is 0.656. The molecule has 0 unspecified atom stereocenters. The summed E-state index contributed by atoms with van der Waals surface area (Å²) in [4.78, 5) is 6.61. The molecule has 0 radical (unpaired) electrons. The number of thiocarbonyl (C=S) groups is 1. The Morgan fingerprint density at radius 1 is 1.40 bits per heavy atom. The fourth-order valence-electron chi connectivity index (χ4n) is 1.89. The number of hydrogen-bond donors (Lipinski definition) is 2. The molecular weight excluding hydrogens is 288 g/mol. The second-order valence-corrected chi connectivity index (χ2v) is 6.60. The summed E-state index contributed by atoms with van der Waals surface area (Å²) < 4.78 is 1.18. The van der Waals surface area contributed by atoms with Crippen molar-refractivity contribution < 1.29 is 0 Å². The van der Waals surface area contributed by atoms with Gasteiger partial charge in [0, 0.05) is 12.2 Å². The van der Waals surface area contributed by atoms with Gasteiger partial charge in [0.25, 0.3) is 0 Å². The first-order chi connectivity index (χ1) is 9.54. The molecule has 0 saturated carbocycles. The van der Waals surface area contributed by atoms with Crippen LogP contribution in [0, 0.1) is 6.92 Å². The Hall–Kier alpha value is -1.24. The third kappa shape index (κ3) is 4.40. The van der Waals surface area contributed by atoms with E-state index in [-0.39, 0.29) is 0 Å². The van der Waals surface area contributed by atoms with Gasteiger partial charge in [-0.15, -0.1) is 11.3 Å². The van der Waals surface area contributed by atoms with Crippen LogP contribution in [0.15, 0.2) is 18.2 Å². The van der Waals surface area contributed by atoms with E-state index in [0.717, 1.165) is 35.7 Å². The van der Waals surface area contributed by atoms with Crippen molar-refractivity contribution in [2.45, 2.75) is 13.3 Å². The van der Waals surface area contributed by atoms with Gasteiger partial charge in [0.1, 0.15) is 0 Å². The van der Waals surface area contributed by atoms with Gasteiger partial charge in [-0.05, 0) is 64.4 Å². The number of aryl methyl sites for hydroxylation is 1. The minimum Gasteiger partial charge on any atom is -0.362 e. The second-order valence-electron chi connectivity index (χ2n) is 4.95. The number of aromatic nitrogens is 1. The summed E-state index contributed by atoms with van der Waals surface area (Å²) in [5.74, 6) is 0. The molecule has 0 aliphatic carbocycles. The van der Waals surface area contributed by atoms with E-state index in [1.807, 2.05) is 19.1 Å². The highest BCUT2D eigenvalue weighted by atomic mass is 32.1. The molecule has 0 aliphatic heterocycles. The van der Waals surface area contributed by atoms with Crippen LogP contribution in [0.3, 0.4) is 0 Å². The zero-order valence-corrected chi connectivity index (χ0v) is 13.7. The Labute approximate surface area is 129 Å². The van der Waals surface area contributed by atoms with E-state index in [2.05, 4.69) is 40.7 Å². The van der Waals surface area contributed by atoms with Crippen LogP contribution in [0.25, 0.3) is 10.2 Å². The number of hydrogen-bond acceptors (Lipinski definition) is 4. The van der Waals surface area contributed by atoms with Crippen molar-refractivity contribution in [1.29, 1.82) is 0 Å². The summed E-state index contributed by atoms with van der Waals surface area (Å²) in [5, 5.41) is 8.19. The maximum absolute atomic E-state index is 5.29. The summed E-state index contributed by atoms with van der Waals surface area (Å²) >= 11 is 6.99. The molecule has 0 bridgehead atoms. The van der Waals surface area contributed by atoms with Gasteiger partial charge < -0.3 is 15.5 Å². The fourth-order valence-corrected chi connectivity index (χ4v) is 2.98. The van der Waals surface area contributed by atoms with E-state index < -0.39 is 0 Å². The third-order valence-corrected chi connectivity index (χ3v) is 4.00. The molecule has 1 heterocycles. The number of benzene rings is 1. The van der Waals surface area contributed by atoms with Gasteiger partial charge >= 0.3 is 0 Å². The summed E-state index contributed by atoms with van der Waals surface area (Å²) in [5.41, 5.74) is 2.05. The van der Waals surface area contributed by atoms with Crippen LogP contribution in [-0.4, -0.2) is 42.2 Å². The molecule has 0 spiro atoms. The normalized spacial score (nSPS) is 11.0. The highest BCUT2D eigenvalue weighted by Gasteiger charge is 2.03. The smallest absolute Gasteiger partial charge is 0.170 e. The lowest BCUT2D eigenvalue weighted by Crippen LogP contribution is -2.30. The van der Waals surface area contributed by atoms with Crippen molar-refractivity contribution in [1.82, 2.24) is 15.2 Å². The number of nitrogens with one attached hydrogen (secondary N) is 2. The van der Waals surface area contributed by atoms with Crippen LogP contribution in [0.4, 0.5) is 5.69 Å². The topological polar surface area (TPSA) is 40.2 Å². The molecule has 4 nitrogen and oxygen atoms in total. The lowest BCUT2D eigenvalue weighted by molar-refractivity contribution is 0.400. The Balaban J connectivity index is 1.86. The average molecular weight is 308 g/mol. The Morgan fingerprint density at radius 3 is 2.95 bits per heavy atom. The Kier molecular flexibility index (Phi) is 5.28. The molecule has 1 aromatic heterocycles. The van der Waals surface area contributed by atoms with Crippen molar-refractivity contribution in [3.05, 3.63) is 23.2 Å². The molecule has 0 fully saturated rings. The molecule has 0 atom stereocenters. The van der Waals surface area contributed by atoms with Gasteiger partial charge in [-0.3, -0.25) is 0 Å². The SMILES string of the molecule is Cc1nc2ccc(NC(=S)NCCCN(C)C)cc2s1. The van der Waals surface area contributed by atoms with Crippen molar-refractivity contribution >= 4 is 44.6 Å². The first kappa shape index (κ1) is 15.2. The molecule has 2 rings (SSSR count). The second kappa shape index (κ2) is 6.97. The average Bonchev–Trinajstić information content (AvgIpc) is 2.74. The molecule has 1 aromatic carbocycles. The monoisotopic (exact) mass is 308 g/mol. The van der Waals surface area contributed by atoms with Gasteiger partial charge in [-0.25, -0.2) is 4.98 Å². The van der Waals surface area contributed by atoms with Crippen LogP contribution in [0.5, 0.6) is 0 Å². The van der Waals surface area contributed by atoms with E-state index in [1.54, 1.807) is 11.3 Å². The van der Waals surface area contributed by atoms with Crippen LogP contribution in [-0.2, 0) is 0 Å². The Morgan fingerprint density at radius 2 is 2.20 bits per heavy atom. The molecule has 2 N–H and O–H groups in total. The molecule has 20 heavy (non-hydrogen) atoms. The number of nitrogens with zero attached hydrogens (tertiary/aromatic N) is 2. The van der Waals surface area contributed by atoms with Crippen molar-refractivity contribution in [3.8, 4) is 0 Å². The van der Waals surface area contributed by atoms with Gasteiger partial charge in [-0.1, -0.05) is 0 Å². The van der Waals surface area contributed by atoms with Crippen LogP contribution in [0.2, 0.25) is 0 Å². The summed E-state index contributed by atoms with van der Waals surface area (Å²) in [7, 11) is 4.14. The molecule has 2 aromatic rings. The van der Waals surface area contributed by atoms with Crippen molar-refractivity contribution in [2.75, 3.05) is 32.5 Å². The standard InChI is InChI=1S/C14H20N4S2/c1-10-16-12-6-5-11(9-13(12)20-10)17-14(19)15-7-4-8-18(2)3/h5-6,9H,4,7-8H2,1-3H3,(H2,15,17,19). The first-order valence-electron chi connectivity index (χ1n) is 6.61. The van der Waals surface area contributed by atoms with Gasteiger partial charge in [0.15, 0.2) is 5.11 Å². The van der Waals surface area contributed by atoms with E-state index in [1.165, 1.54) is 4.70 Å². The summed E-state index contributed by atoms with van der Waals surface area (Å²) in [6, 6.07) is 6.12. The molecule has 0 aliphatic rings. The van der Waals surface area contributed by atoms with Gasteiger partial charge in [0.2, 0.25) is 0 Å². The zero-order chi connectivity index (χ0) is 14.5. The van der Waals surface area contributed by atoms with Gasteiger partial charge in [0.05, 0.1) is 15.2 Å². The highest BCUT2D eigenvalue weighted by molar-refractivity contribution is 7.80. The number of anilines is 1. The molecular formula is C14H20N4S2. The third-order valence-electron chi connectivity index (χ3n) is 2.82. The maximum atomic E-state index is 5.29. The number of thiazole rings is 1. The van der Waals surface area contributed by atoms with E-state index in [9.17, 15) is 0 Å². The summed E-state index contributed by atoms with van der Waals surface area (Å²) in [6.45, 7) is 3.96. The van der Waals surface area contributed by atoms with Crippen LogP contribution >= 0.6 is 23.6 Å². The van der Waals surface area contributed by atoms with E-state index in [0.29, 0.717) is 5.11 Å². The minimum absolute atomic E-state index is 0.671.